The molecular formula is C11H17FN2O2S. The molecule has 0 saturated heterocycles. The second kappa shape index (κ2) is 5.55. The molecule has 0 spiro atoms. The lowest BCUT2D eigenvalue weighted by Crippen LogP contribution is -2.35. The number of nitrogens with zero attached hydrogens (tertiary/aromatic N) is 2. The van der Waals surface area contributed by atoms with Gasteiger partial charge in [0.2, 0.25) is 5.03 Å². The molecule has 0 bridgehead atoms. The van der Waals surface area contributed by atoms with Crippen molar-refractivity contribution in [3.8, 4) is 0 Å². The van der Waals surface area contributed by atoms with Gasteiger partial charge in [-0.25, -0.2) is 17.8 Å². The van der Waals surface area contributed by atoms with Crippen molar-refractivity contribution in [1.29, 1.82) is 0 Å². The Kier molecular flexibility index (Phi) is 4.59. The topological polar surface area (TPSA) is 50.3 Å². The van der Waals surface area contributed by atoms with Crippen LogP contribution in [0.4, 0.5) is 4.39 Å². The van der Waals surface area contributed by atoms with E-state index in [1.54, 1.807) is 6.92 Å². The predicted octanol–water partition coefficient (Wildman–Crippen LogP) is 1.89. The molecule has 17 heavy (non-hydrogen) atoms. The lowest BCUT2D eigenvalue weighted by molar-refractivity contribution is 0.376. The molecule has 0 radical (unpaired) electrons. The first kappa shape index (κ1) is 14.1. The minimum Gasteiger partial charge on any atom is -0.241 e. The highest BCUT2D eigenvalue weighted by Crippen LogP contribution is 2.17. The maximum Gasteiger partial charge on any atom is 0.263 e. The largest absolute Gasteiger partial charge is 0.263 e. The zero-order chi connectivity index (χ0) is 13.1. The highest BCUT2D eigenvalue weighted by atomic mass is 32.2. The molecule has 96 valence electrons. The number of rotatable bonds is 5. The Morgan fingerprint density at radius 3 is 2.59 bits per heavy atom. The van der Waals surface area contributed by atoms with E-state index < -0.39 is 20.9 Å². The van der Waals surface area contributed by atoms with Crippen LogP contribution in [0.3, 0.4) is 0 Å². The summed E-state index contributed by atoms with van der Waals surface area (Å²) in [4.78, 5) is 3.62. The average Bonchev–Trinajstić information content (AvgIpc) is 2.25. The van der Waals surface area contributed by atoms with Crippen LogP contribution in [-0.4, -0.2) is 30.8 Å². The third-order valence-electron chi connectivity index (χ3n) is 2.23. The van der Waals surface area contributed by atoms with E-state index in [1.807, 2.05) is 13.8 Å². The van der Waals surface area contributed by atoms with Gasteiger partial charge in [-0.1, -0.05) is 20.8 Å². The molecule has 0 aliphatic heterocycles. The molecule has 0 aliphatic rings. The van der Waals surface area contributed by atoms with Gasteiger partial charge < -0.3 is 0 Å². The normalized spacial score (nSPS) is 12.4. The van der Waals surface area contributed by atoms with Crippen LogP contribution >= 0.6 is 0 Å². The van der Waals surface area contributed by atoms with Gasteiger partial charge in [-0.2, -0.15) is 4.31 Å². The standard InChI is InChI=1S/C11H17FN2O2S/c1-4-14(8-9(2)3)17(15,16)11-10(12)6-5-7-13-11/h5-7,9H,4,8H2,1-3H3. The van der Waals surface area contributed by atoms with Crippen LogP contribution in [0.5, 0.6) is 0 Å². The van der Waals surface area contributed by atoms with E-state index in [-0.39, 0.29) is 5.92 Å². The van der Waals surface area contributed by atoms with Crippen molar-refractivity contribution in [1.82, 2.24) is 9.29 Å². The fourth-order valence-electron chi connectivity index (χ4n) is 1.49. The van der Waals surface area contributed by atoms with Crippen molar-refractivity contribution < 1.29 is 12.8 Å². The summed E-state index contributed by atoms with van der Waals surface area (Å²) < 4.78 is 39.0. The maximum absolute atomic E-state index is 13.5. The second-order valence-corrected chi connectivity index (χ2v) is 5.99. The summed E-state index contributed by atoms with van der Waals surface area (Å²) in [7, 11) is -3.83. The summed E-state index contributed by atoms with van der Waals surface area (Å²) in [6.45, 7) is 6.20. The Labute approximate surface area is 102 Å². The minimum absolute atomic E-state index is 0.177. The molecular weight excluding hydrogens is 243 g/mol. The van der Waals surface area contributed by atoms with Gasteiger partial charge in [-0.05, 0) is 18.1 Å². The van der Waals surface area contributed by atoms with E-state index in [2.05, 4.69) is 4.98 Å². The summed E-state index contributed by atoms with van der Waals surface area (Å²) in [5.74, 6) is -0.633. The lowest BCUT2D eigenvalue weighted by Gasteiger charge is -2.21. The Morgan fingerprint density at radius 2 is 2.12 bits per heavy atom. The minimum atomic E-state index is -3.83. The molecule has 1 rings (SSSR count). The Hall–Kier alpha value is -1.01. The van der Waals surface area contributed by atoms with Crippen molar-refractivity contribution in [2.24, 2.45) is 5.92 Å². The number of hydrogen-bond acceptors (Lipinski definition) is 3. The zero-order valence-corrected chi connectivity index (χ0v) is 11.0. The Bertz CT molecular complexity index is 474. The van der Waals surface area contributed by atoms with Crippen molar-refractivity contribution in [3.05, 3.63) is 24.1 Å². The molecule has 0 atom stereocenters. The number of sulfonamides is 1. The fraction of sp³-hybridized carbons (Fsp3) is 0.545. The molecule has 1 aromatic heterocycles. The number of halogens is 1. The summed E-state index contributed by atoms with van der Waals surface area (Å²) in [5.41, 5.74) is 0. The van der Waals surface area contributed by atoms with E-state index in [9.17, 15) is 12.8 Å². The third kappa shape index (κ3) is 3.23. The monoisotopic (exact) mass is 260 g/mol. The van der Waals surface area contributed by atoms with Gasteiger partial charge in [0.25, 0.3) is 10.0 Å². The maximum atomic E-state index is 13.5. The van der Waals surface area contributed by atoms with E-state index in [0.717, 1.165) is 6.07 Å². The van der Waals surface area contributed by atoms with Gasteiger partial charge in [0.1, 0.15) is 0 Å². The first-order chi connectivity index (χ1) is 7.89. The van der Waals surface area contributed by atoms with E-state index >= 15 is 0 Å². The molecule has 0 fully saturated rings. The quantitative estimate of drug-likeness (QED) is 0.812. The van der Waals surface area contributed by atoms with Crippen LogP contribution in [0.1, 0.15) is 20.8 Å². The highest BCUT2D eigenvalue weighted by molar-refractivity contribution is 7.89. The third-order valence-corrected chi connectivity index (χ3v) is 4.11. The molecule has 0 unspecified atom stereocenters. The van der Waals surface area contributed by atoms with Gasteiger partial charge in [0, 0.05) is 19.3 Å². The van der Waals surface area contributed by atoms with Gasteiger partial charge in [-0.15, -0.1) is 0 Å². The van der Waals surface area contributed by atoms with Crippen LogP contribution in [0.25, 0.3) is 0 Å². The van der Waals surface area contributed by atoms with Crippen LogP contribution in [0.2, 0.25) is 0 Å². The average molecular weight is 260 g/mol. The van der Waals surface area contributed by atoms with Crippen LogP contribution in [0.15, 0.2) is 23.4 Å². The molecule has 0 N–H and O–H groups in total. The molecule has 0 amide bonds. The lowest BCUT2D eigenvalue weighted by atomic mass is 10.2. The van der Waals surface area contributed by atoms with E-state index in [1.165, 1.54) is 16.6 Å². The zero-order valence-electron chi connectivity index (χ0n) is 10.2. The van der Waals surface area contributed by atoms with Crippen molar-refractivity contribution >= 4 is 10.0 Å². The van der Waals surface area contributed by atoms with E-state index in [4.69, 9.17) is 0 Å². The summed E-state index contributed by atoms with van der Waals surface area (Å²) in [6, 6.07) is 2.47. The van der Waals surface area contributed by atoms with Crippen molar-refractivity contribution in [2.75, 3.05) is 13.1 Å². The van der Waals surface area contributed by atoms with Crippen LogP contribution in [-0.2, 0) is 10.0 Å². The summed E-state index contributed by atoms with van der Waals surface area (Å²) in [6.07, 6.45) is 1.28. The van der Waals surface area contributed by atoms with Gasteiger partial charge in [0.15, 0.2) is 5.82 Å². The molecule has 0 aromatic carbocycles. The summed E-state index contributed by atoms with van der Waals surface area (Å²) >= 11 is 0. The molecule has 4 nitrogen and oxygen atoms in total. The first-order valence-electron chi connectivity index (χ1n) is 5.50. The Morgan fingerprint density at radius 1 is 1.47 bits per heavy atom. The number of pyridine rings is 1. The first-order valence-corrected chi connectivity index (χ1v) is 6.94. The van der Waals surface area contributed by atoms with Crippen LogP contribution in [0, 0.1) is 11.7 Å². The molecule has 6 heteroatoms. The molecule has 1 aromatic rings. The smallest absolute Gasteiger partial charge is 0.241 e. The fourth-order valence-corrected chi connectivity index (χ4v) is 3.08. The number of hydrogen-bond donors (Lipinski definition) is 0. The van der Waals surface area contributed by atoms with Crippen molar-refractivity contribution in [2.45, 2.75) is 25.8 Å². The van der Waals surface area contributed by atoms with E-state index in [0.29, 0.717) is 13.1 Å². The predicted molar refractivity (Wildman–Crippen MR) is 63.5 cm³/mol. The van der Waals surface area contributed by atoms with Gasteiger partial charge in [0.05, 0.1) is 0 Å². The number of aromatic nitrogens is 1. The molecule has 0 saturated carbocycles. The van der Waals surface area contributed by atoms with Gasteiger partial charge >= 0.3 is 0 Å². The van der Waals surface area contributed by atoms with Crippen molar-refractivity contribution in [3.63, 3.8) is 0 Å². The second-order valence-electron chi connectivity index (χ2n) is 4.14. The molecule has 0 aliphatic carbocycles. The Balaban J connectivity index is 3.14. The van der Waals surface area contributed by atoms with Gasteiger partial charge in [-0.3, -0.25) is 0 Å². The molecule has 1 heterocycles. The summed E-state index contributed by atoms with van der Waals surface area (Å²) in [5, 5.41) is -0.498. The van der Waals surface area contributed by atoms with Crippen LogP contribution < -0.4 is 0 Å². The highest BCUT2D eigenvalue weighted by Gasteiger charge is 2.27. The SMILES string of the molecule is CCN(CC(C)C)S(=O)(=O)c1ncccc1F.